The van der Waals surface area contributed by atoms with Gasteiger partial charge in [-0.15, -0.1) is 0 Å². The van der Waals surface area contributed by atoms with Crippen LogP contribution < -0.4 is 10.6 Å². The van der Waals surface area contributed by atoms with E-state index in [1.807, 2.05) is 54.6 Å². The number of nitrogens with one attached hydrogen (secondary N) is 2. The van der Waals surface area contributed by atoms with Crippen LogP contribution in [0.2, 0.25) is 0 Å². The van der Waals surface area contributed by atoms with E-state index in [1.165, 1.54) is 16.4 Å². The smallest absolute Gasteiger partial charge is 0.243 e. The van der Waals surface area contributed by atoms with E-state index in [9.17, 15) is 18.0 Å². The summed E-state index contributed by atoms with van der Waals surface area (Å²) < 4.78 is 28.8. The van der Waals surface area contributed by atoms with Crippen molar-refractivity contribution >= 4 is 27.5 Å². The summed E-state index contributed by atoms with van der Waals surface area (Å²) in [6.45, 7) is 2.41. The van der Waals surface area contributed by atoms with Crippen LogP contribution in [0.3, 0.4) is 0 Å². The molecule has 0 bridgehead atoms. The number of fused-ring (bicyclic) bond motifs is 1. The van der Waals surface area contributed by atoms with Gasteiger partial charge in [-0.25, -0.2) is 8.42 Å². The second-order valence-corrected chi connectivity index (χ2v) is 10.4. The van der Waals surface area contributed by atoms with E-state index in [4.69, 9.17) is 0 Å². The van der Waals surface area contributed by atoms with Crippen LogP contribution in [0, 0.1) is 0 Å². The Morgan fingerprint density at radius 3 is 2.31 bits per heavy atom. The molecule has 0 fully saturated rings. The Morgan fingerprint density at radius 2 is 1.60 bits per heavy atom. The molecule has 1 atom stereocenters. The summed E-state index contributed by atoms with van der Waals surface area (Å²) in [4.78, 5) is 24.7. The van der Waals surface area contributed by atoms with Crippen molar-refractivity contribution in [1.82, 2.24) is 9.62 Å². The van der Waals surface area contributed by atoms with Gasteiger partial charge in [0, 0.05) is 31.6 Å². The summed E-state index contributed by atoms with van der Waals surface area (Å²) in [6, 6.07) is 22.8. The van der Waals surface area contributed by atoms with Crippen molar-refractivity contribution in [2.24, 2.45) is 0 Å². The molecule has 0 unspecified atom stereocenters. The Kier molecular flexibility index (Phi) is 7.63. The molecule has 182 valence electrons. The molecule has 1 aliphatic rings. The molecule has 2 N–H and O–H groups in total. The lowest BCUT2D eigenvalue weighted by atomic mass is 9.92. The number of sulfonamides is 1. The molecule has 0 aliphatic carbocycles. The summed E-state index contributed by atoms with van der Waals surface area (Å²) >= 11 is 0. The quantitative estimate of drug-likeness (QED) is 0.497. The summed E-state index contributed by atoms with van der Waals surface area (Å²) in [5, 5.41) is 5.64. The van der Waals surface area contributed by atoms with Gasteiger partial charge in [-0.2, -0.15) is 4.31 Å². The number of carbonyl (C=O) groups excluding carboxylic acids is 2. The van der Waals surface area contributed by atoms with E-state index in [2.05, 4.69) is 10.6 Å². The van der Waals surface area contributed by atoms with E-state index in [-0.39, 0.29) is 29.7 Å². The standard InChI is InChI=1S/C27H29N3O4S/c1-2-26(31)29-22-12-14-23(15-13-22)35(33,34)30-17-16-21-10-6-7-11-24(21)25(30)18-27(32)28-19-20-8-4-3-5-9-20/h3-15,25H,2,16-19H2,1H3,(H,28,32)(H,29,31)/t25-/m0/s1. The molecule has 35 heavy (non-hydrogen) atoms. The molecule has 1 heterocycles. The third-order valence-corrected chi connectivity index (χ3v) is 8.06. The number of carbonyl (C=O) groups is 2. The van der Waals surface area contributed by atoms with Crippen LogP contribution in [-0.2, 0) is 32.6 Å². The summed E-state index contributed by atoms with van der Waals surface area (Å²) in [5.74, 6) is -0.358. The van der Waals surface area contributed by atoms with Crippen LogP contribution in [0.5, 0.6) is 0 Å². The Morgan fingerprint density at radius 1 is 0.914 bits per heavy atom. The van der Waals surface area contributed by atoms with E-state index < -0.39 is 16.1 Å². The fourth-order valence-corrected chi connectivity index (χ4v) is 5.87. The number of benzene rings is 3. The first-order valence-electron chi connectivity index (χ1n) is 11.7. The molecule has 0 spiro atoms. The number of amides is 2. The van der Waals surface area contributed by atoms with Gasteiger partial charge in [-0.1, -0.05) is 61.5 Å². The average Bonchev–Trinajstić information content (AvgIpc) is 2.88. The van der Waals surface area contributed by atoms with Crippen LogP contribution in [0.25, 0.3) is 0 Å². The molecule has 3 aromatic rings. The topological polar surface area (TPSA) is 95.6 Å². The fraction of sp³-hybridized carbons (Fsp3) is 0.259. The van der Waals surface area contributed by atoms with Gasteiger partial charge in [0.2, 0.25) is 21.8 Å². The number of nitrogens with zero attached hydrogens (tertiary/aromatic N) is 1. The predicted octanol–water partition coefficient (Wildman–Crippen LogP) is 4.03. The van der Waals surface area contributed by atoms with Crippen molar-refractivity contribution < 1.29 is 18.0 Å². The van der Waals surface area contributed by atoms with E-state index >= 15 is 0 Å². The van der Waals surface area contributed by atoms with Gasteiger partial charge in [-0.3, -0.25) is 9.59 Å². The minimum Gasteiger partial charge on any atom is -0.352 e. The van der Waals surface area contributed by atoms with Gasteiger partial charge in [0.25, 0.3) is 0 Å². The SMILES string of the molecule is CCC(=O)Nc1ccc(S(=O)(=O)N2CCc3ccccc3[C@@H]2CC(=O)NCc2ccccc2)cc1. The molecule has 2 amide bonds. The van der Waals surface area contributed by atoms with Crippen molar-refractivity contribution in [1.29, 1.82) is 0 Å². The highest BCUT2D eigenvalue weighted by Crippen LogP contribution is 2.36. The fourth-order valence-electron chi connectivity index (χ4n) is 4.27. The van der Waals surface area contributed by atoms with Gasteiger partial charge < -0.3 is 10.6 Å². The van der Waals surface area contributed by atoms with Crippen molar-refractivity contribution in [3.63, 3.8) is 0 Å². The number of anilines is 1. The van der Waals surface area contributed by atoms with Crippen molar-refractivity contribution in [3.8, 4) is 0 Å². The van der Waals surface area contributed by atoms with Gasteiger partial charge >= 0.3 is 0 Å². The highest BCUT2D eigenvalue weighted by atomic mass is 32.2. The lowest BCUT2D eigenvalue weighted by Crippen LogP contribution is -2.42. The minimum atomic E-state index is -3.88. The number of hydrogen-bond acceptors (Lipinski definition) is 4. The molecular formula is C27H29N3O4S. The Labute approximate surface area is 206 Å². The van der Waals surface area contributed by atoms with Gasteiger partial charge in [0.1, 0.15) is 0 Å². The predicted molar refractivity (Wildman–Crippen MR) is 135 cm³/mol. The molecule has 0 saturated heterocycles. The van der Waals surface area contributed by atoms with Gasteiger partial charge in [-0.05, 0) is 47.4 Å². The number of hydrogen-bond donors (Lipinski definition) is 2. The number of rotatable bonds is 8. The maximum absolute atomic E-state index is 13.7. The van der Waals surface area contributed by atoms with Crippen LogP contribution in [0.4, 0.5) is 5.69 Å². The molecule has 0 aromatic heterocycles. The third kappa shape index (κ3) is 5.78. The van der Waals surface area contributed by atoms with Crippen LogP contribution >= 0.6 is 0 Å². The Hall–Kier alpha value is -3.49. The van der Waals surface area contributed by atoms with Crippen LogP contribution in [0.15, 0.2) is 83.8 Å². The summed E-state index contributed by atoms with van der Waals surface area (Å²) in [7, 11) is -3.88. The summed E-state index contributed by atoms with van der Waals surface area (Å²) in [5.41, 5.74) is 3.42. The van der Waals surface area contributed by atoms with Crippen molar-refractivity contribution in [3.05, 3.63) is 95.6 Å². The Balaban J connectivity index is 1.57. The van der Waals surface area contributed by atoms with Crippen molar-refractivity contribution in [2.75, 3.05) is 11.9 Å². The molecule has 7 nitrogen and oxygen atoms in total. The zero-order chi connectivity index (χ0) is 24.8. The first kappa shape index (κ1) is 24.6. The largest absolute Gasteiger partial charge is 0.352 e. The summed E-state index contributed by atoms with van der Waals surface area (Å²) in [6.07, 6.45) is 0.928. The minimum absolute atomic E-state index is 0.0215. The zero-order valence-electron chi connectivity index (χ0n) is 19.6. The zero-order valence-corrected chi connectivity index (χ0v) is 20.4. The van der Waals surface area contributed by atoms with Gasteiger partial charge in [0.15, 0.2) is 0 Å². The van der Waals surface area contributed by atoms with Crippen LogP contribution in [-0.4, -0.2) is 31.1 Å². The monoisotopic (exact) mass is 491 g/mol. The van der Waals surface area contributed by atoms with E-state index in [0.29, 0.717) is 25.1 Å². The Bertz CT molecular complexity index is 1290. The maximum Gasteiger partial charge on any atom is 0.243 e. The molecule has 3 aromatic carbocycles. The average molecular weight is 492 g/mol. The molecule has 4 rings (SSSR count). The second kappa shape index (κ2) is 10.8. The molecule has 0 radical (unpaired) electrons. The highest BCUT2D eigenvalue weighted by molar-refractivity contribution is 7.89. The first-order chi connectivity index (χ1) is 16.9. The second-order valence-electron chi connectivity index (χ2n) is 8.47. The molecule has 8 heteroatoms. The maximum atomic E-state index is 13.7. The normalized spacial score (nSPS) is 15.7. The molecular weight excluding hydrogens is 462 g/mol. The van der Waals surface area contributed by atoms with Crippen LogP contribution in [0.1, 0.15) is 42.5 Å². The van der Waals surface area contributed by atoms with Gasteiger partial charge in [0.05, 0.1) is 10.9 Å². The van der Waals surface area contributed by atoms with Crippen molar-refractivity contribution in [2.45, 2.75) is 43.7 Å². The highest BCUT2D eigenvalue weighted by Gasteiger charge is 2.37. The van der Waals surface area contributed by atoms with E-state index in [1.54, 1.807) is 19.1 Å². The first-order valence-corrected chi connectivity index (χ1v) is 13.1. The van der Waals surface area contributed by atoms with E-state index in [0.717, 1.165) is 16.7 Å². The lowest BCUT2D eigenvalue weighted by molar-refractivity contribution is -0.122. The lowest BCUT2D eigenvalue weighted by Gasteiger charge is -2.36. The molecule has 0 saturated carbocycles. The molecule has 1 aliphatic heterocycles. The third-order valence-electron chi connectivity index (χ3n) is 6.14.